The maximum Gasteiger partial charge on any atom is 0.113 e. The minimum absolute atomic E-state index is 0.447. The van der Waals surface area contributed by atoms with Gasteiger partial charge in [-0.15, -0.1) is 0 Å². The summed E-state index contributed by atoms with van der Waals surface area (Å²) in [7, 11) is 0. The molecule has 2 aliphatic rings. The van der Waals surface area contributed by atoms with Gasteiger partial charge < -0.3 is 5.11 Å². The van der Waals surface area contributed by atoms with Crippen LogP contribution >= 0.6 is 11.6 Å². The number of aliphatic hydroxyl groups is 1. The Labute approximate surface area is 213 Å². The SMILES string of the molecule is CCC1(O)CC2CCC(C1)N2C/C=C/c1ccc(C#Cc2ccc(-c3ccc(Cl)cc3)cn2)cc1. The molecule has 1 N–H and O–H groups in total. The van der Waals surface area contributed by atoms with Gasteiger partial charge in [0.1, 0.15) is 5.69 Å². The Kier molecular flexibility index (Phi) is 7.07. The molecule has 4 heteroatoms. The summed E-state index contributed by atoms with van der Waals surface area (Å²) in [4.78, 5) is 7.08. The van der Waals surface area contributed by atoms with E-state index in [4.69, 9.17) is 11.6 Å². The highest BCUT2D eigenvalue weighted by Gasteiger charge is 2.45. The lowest BCUT2D eigenvalue weighted by molar-refractivity contribution is -0.0508. The summed E-state index contributed by atoms with van der Waals surface area (Å²) in [5.41, 5.74) is 4.58. The van der Waals surface area contributed by atoms with Crippen molar-refractivity contribution in [1.29, 1.82) is 0 Å². The highest BCUT2D eigenvalue weighted by molar-refractivity contribution is 6.30. The Morgan fingerprint density at radius 3 is 2.29 bits per heavy atom. The fourth-order valence-electron chi connectivity index (χ4n) is 5.41. The maximum atomic E-state index is 10.7. The van der Waals surface area contributed by atoms with E-state index in [0.29, 0.717) is 12.1 Å². The number of hydrogen-bond donors (Lipinski definition) is 1. The van der Waals surface area contributed by atoms with E-state index in [-0.39, 0.29) is 0 Å². The first kappa shape index (κ1) is 23.8. The number of pyridine rings is 1. The molecule has 2 saturated heterocycles. The topological polar surface area (TPSA) is 36.4 Å². The van der Waals surface area contributed by atoms with Crippen LogP contribution in [0.1, 0.15) is 55.8 Å². The number of rotatable bonds is 5. The number of halogens is 1. The Morgan fingerprint density at radius 2 is 1.66 bits per heavy atom. The van der Waals surface area contributed by atoms with Crippen LogP contribution in [0.15, 0.2) is 72.9 Å². The van der Waals surface area contributed by atoms with Gasteiger partial charge in [0.05, 0.1) is 5.60 Å². The van der Waals surface area contributed by atoms with E-state index in [2.05, 4.69) is 65.1 Å². The standard InChI is InChI=1S/C31H31ClN2O/c1-2-31(35)20-29-17-18-30(21-31)34(29)19-3-4-23-5-7-24(8-6-23)9-15-28-16-12-26(22-33-28)25-10-13-27(32)14-11-25/h3-8,10-14,16,22,29-30,35H,2,17-21H2,1H3/b4-3+. The van der Waals surface area contributed by atoms with Gasteiger partial charge in [0.2, 0.25) is 0 Å². The minimum atomic E-state index is -0.447. The van der Waals surface area contributed by atoms with Gasteiger partial charge in [-0.25, -0.2) is 4.98 Å². The van der Waals surface area contributed by atoms with Crippen molar-refractivity contribution in [2.75, 3.05) is 6.54 Å². The van der Waals surface area contributed by atoms with Gasteiger partial charge in [-0.3, -0.25) is 4.90 Å². The molecule has 5 rings (SSSR count). The molecule has 2 atom stereocenters. The van der Waals surface area contributed by atoms with Gasteiger partial charge in [-0.1, -0.05) is 66.9 Å². The third kappa shape index (κ3) is 5.68. The van der Waals surface area contributed by atoms with Crippen LogP contribution in [0.4, 0.5) is 0 Å². The number of piperidine rings is 1. The second kappa shape index (κ2) is 10.4. The molecular formula is C31H31ClN2O. The lowest BCUT2D eigenvalue weighted by Gasteiger charge is -2.43. The van der Waals surface area contributed by atoms with Gasteiger partial charge in [-0.2, -0.15) is 0 Å². The largest absolute Gasteiger partial charge is 0.390 e. The Bertz CT molecular complexity index is 1220. The number of fused-ring (bicyclic) bond motifs is 2. The van der Waals surface area contributed by atoms with E-state index in [1.54, 1.807) is 0 Å². The molecule has 178 valence electrons. The second-order valence-electron chi connectivity index (χ2n) is 9.78. The molecule has 3 heterocycles. The molecule has 3 aromatic rings. The van der Waals surface area contributed by atoms with Crippen molar-refractivity contribution in [3.8, 4) is 23.0 Å². The molecule has 0 aliphatic carbocycles. The monoisotopic (exact) mass is 482 g/mol. The van der Waals surface area contributed by atoms with Crippen LogP contribution in [0.3, 0.4) is 0 Å². The lowest BCUT2D eigenvalue weighted by Crippen LogP contribution is -2.50. The Morgan fingerprint density at radius 1 is 0.971 bits per heavy atom. The predicted octanol–water partition coefficient (Wildman–Crippen LogP) is 6.58. The average molecular weight is 483 g/mol. The number of hydrogen-bond acceptors (Lipinski definition) is 3. The molecule has 0 amide bonds. The Hall–Kier alpha value is -2.90. The zero-order valence-electron chi connectivity index (χ0n) is 20.1. The average Bonchev–Trinajstić information content (AvgIpc) is 3.14. The van der Waals surface area contributed by atoms with Crippen molar-refractivity contribution in [3.63, 3.8) is 0 Å². The van der Waals surface area contributed by atoms with Gasteiger partial charge in [-0.05, 0) is 79.5 Å². The first-order valence-corrected chi connectivity index (χ1v) is 12.9. The highest BCUT2D eigenvalue weighted by Crippen LogP contribution is 2.42. The first-order chi connectivity index (χ1) is 17.0. The van der Waals surface area contributed by atoms with Crippen LogP contribution in [-0.4, -0.2) is 39.2 Å². The van der Waals surface area contributed by atoms with Crippen LogP contribution in [0, 0.1) is 11.8 Å². The smallest absolute Gasteiger partial charge is 0.113 e. The fourth-order valence-corrected chi connectivity index (χ4v) is 5.53. The molecule has 2 aliphatic heterocycles. The predicted molar refractivity (Wildman–Crippen MR) is 144 cm³/mol. The van der Waals surface area contributed by atoms with E-state index in [9.17, 15) is 5.11 Å². The zero-order chi connectivity index (χ0) is 24.3. The van der Waals surface area contributed by atoms with Gasteiger partial charge in [0, 0.05) is 41.0 Å². The summed E-state index contributed by atoms with van der Waals surface area (Å²) >= 11 is 5.97. The fraction of sp³-hybridized carbons (Fsp3) is 0.323. The van der Waals surface area contributed by atoms with Crippen LogP contribution in [0.25, 0.3) is 17.2 Å². The molecule has 2 bridgehead atoms. The molecular weight excluding hydrogens is 452 g/mol. The molecule has 2 fully saturated rings. The minimum Gasteiger partial charge on any atom is -0.390 e. The summed E-state index contributed by atoms with van der Waals surface area (Å²) in [6.45, 7) is 3.06. The summed E-state index contributed by atoms with van der Waals surface area (Å²) in [6.07, 6.45) is 11.4. The summed E-state index contributed by atoms with van der Waals surface area (Å²) < 4.78 is 0. The van der Waals surface area contributed by atoms with Crippen molar-refractivity contribution in [2.45, 2.75) is 56.7 Å². The molecule has 2 unspecified atom stereocenters. The number of benzene rings is 2. The first-order valence-electron chi connectivity index (χ1n) is 12.5. The second-order valence-corrected chi connectivity index (χ2v) is 10.2. The van der Waals surface area contributed by atoms with Crippen LogP contribution in [-0.2, 0) is 0 Å². The van der Waals surface area contributed by atoms with E-state index in [1.807, 2.05) is 42.6 Å². The summed E-state index contributed by atoms with van der Waals surface area (Å²) in [5.74, 6) is 6.36. The molecule has 2 aromatic carbocycles. The van der Waals surface area contributed by atoms with Gasteiger partial charge in [0.25, 0.3) is 0 Å². The van der Waals surface area contributed by atoms with Crippen molar-refractivity contribution >= 4 is 17.7 Å². The third-order valence-corrected chi connectivity index (χ3v) is 7.73. The van der Waals surface area contributed by atoms with Crippen molar-refractivity contribution in [2.24, 2.45) is 0 Å². The van der Waals surface area contributed by atoms with E-state index in [1.165, 1.54) is 18.4 Å². The van der Waals surface area contributed by atoms with Crippen LogP contribution in [0.2, 0.25) is 5.02 Å². The third-order valence-electron chi connectivity index (χ3n) is 7.47. The zero-order valence-corrected chi connectivity index (χ0v) is 20.9. The van der Waals surface area contributed by atoms with Gasteiger partial charge >= 0.3 is 0 Å². The normalized spacial score (nSPS) is 23.9. The molecule has 1 aromatic heterocycles. The Balaban J connectivity index is 1.17. The van der Waals surface area contributed by atoms with E-state index < -0.39 is 5.60 Å². The lowest BCUT2D eigenvalue weighted by atomic mass is 9.84. The quantitative estimate of drug-likeness (QED) is 0.417. The van der Waals surface area contributed by atoms with Crippen molar-refractivity contribution in [3.05, 3.63) is 94.8 Å². The van der Waals surface area contributed by atoms with Crippen molar-refractivity contribution < 1.29 is 5.11 Å². The van der Waals surface area contributed by atoms with Crippen LogP contribution < -0.4 is 0 Å². The maximum absolute atomic E-state index is 10.7. The van der Waals surface area contributed by atoms with Gasteiger partial charge in [0.15, 0.2) is 0 Å². The highest BCUT2D eigenvalue weighted by atomic mass is 35.5. The van der Waals surface area contributed by atoms with E-state index >= 15 is 0 Å². The molecule has 0 spiro atoms. The number of aromatic nitrogens is 1. The molecule has 3 nitrogen and oxygen atoms in total. The number of nitrogens with zero attached hydrogens (tertiary/aromatic N) is 2. The molecule has 0 radical (unpaired) electrons. The summed E-state index contributed by atoms with van der Waals surface area (Å²) in [5, 5.41) is 11.5. The summed E-state index contributed by atoms with van der Waals surface area (Å²) in [6, 6.07) is 21.1. The molecule has 35 heavy (non-hydrogen) atoms. The van der Waals surface area contributed by atoms with Crippen molar-refractivity contribution in [1.82, 2.24) is 9.88 Å². The van der Waals surface area contributed by atoms with Crippen LogP contribution in [0.5, 0.6) is 0 Å². The van der Waals surface area contributed by atoms with E-state index in [0.717, 1.165) is 53.2 Å². The molecule has 0 saturated carbocycles.